The largest absolute Gasteiger partial charge is 0.397 e. The Morgan fingerprint density at radius 1 is 1.05 bits per heavy atom. The average molecular weight is 266 g/mol. The molecule has 0 aromatic heterocycles. The Bertz CT molecular complexity index is 671. The van der Waals surface area contributed by atoms with Crippen molar-refractivity contribution in [2.45, 2.75) is 33.1 Å². The van der Waals surface area contributed by atoms with Crippen LogP contribution in [0.3, 0.4) is 0 Å². The van der Waals surface area contributed by atoms with Gasteiger partial charge in [0.15, 0.2) is 0 Å². The molecule has 0 aliphatic carbocycles. The van der Waals surface area contributed by atoms with Gasteiger partial charge in [-0.1, -0.05) is 44.2 Å². The maximum absolute atomic E-state index is 6.41. The third-order valence-corrected chi connectivity index (χ3v) is 4.56. The SMILES string of the molecule is CCN1c2ccccc2C(C)(C)c2ccc(C)c(N)c21. The maximum Gasteiger partial charge on any atom is 0.0688 e. The zero-order valence-electron chi connectivity index (χ0n) is 12.7. The summed E-state index contributed by atoms with van der Waals surface area (Å²) in [4.78, 5) is 2.35. The van der Waals surface area contributed by atoms with Crippen molar-refractivity contribution in [3.8, 4) is 0 Å². The van der Waals surface area contributed by atoms with E-state index in [0.717, 1.165) is 17.8 Å². The Hall–Kier alpha value is -1.96. The lowest BCUT2D eigenvalue weighted by molar-refractivity contribution is 0.626. The monoisotopic (exact) mass is 266 g/mol. The van der Waals surface area contributed by atoms with E-state index in [0.29, 0.717) is 0 Å². The van der Waals surface area contributed by atoms with Crippen molar-refractivity contribution in [3.05, 3.63) is 53.1 Å². The van der Waals surface area contributed by atoms with Crippen LogP contribution in [0.2, 0.25) is 0 Å². The summed E-state index contributed by atoms with van der Waals surface area (Å²) in [7, 11) is 0. The molecule has 3 rings (SSSR count). The number of nitrogens with two attached hydrogens (primary N) is 1. The number of para-hydroxylation sites is 1. The fraction of sp³-hybridized carbons (Fsp3) is 0.333. The molecule has 1 aliphatic rings. The Kier molecular flexibility index (Phi) is 2.79. The Morgan fingerprint density at radius 2 is 1.75 bits per heavy atom. The highest BCUT2D eigenvalue weighted by Crippen LogP contribution is 2.51. The van der Waals surface area contributed by atoms with Crippen LogP contribution in [0.5, 0.6) is 0 Å². The Balaban J connectivity index is 2.38. The molecule has 0 amide bonds. The van der Waals surface area contributed by atoms with E-state index in [2.05, 4.69) is 69.0 Å². The number of nitrogens with zero attached hydrogens (tertiary/aromatic N) is 1. The van der Waals surface area contributed by atoms with E-state index in [4.69, 9.17) is 5.73 Å². The summed E-state index contributed by atoms with van der Waals surface area (Å²) in [6.45, 7) is 9.75. The fourth-order valence-electron chi connectivity index (χ4n) is 3.34. The number of nitrogen functional groups attached to an aromatic ring is 1. The standard InChI is InChI=1S/C18H22N2/c1-5-20-15-9-7-6-8-13(15)18(3,4)14-11-10-12(2)16(19)17(14)20/h6-11H,5,19H2,1-4H3. The van der Waals surface area contributed by atoms with Crippen molar-refractivity contribution in [2.75, 3.05) is 17.2 Å². The molecule has 0 atom stereocenters. The van der Waals surface area contributed by atoms with Crippen LogP contribution >= 0.6 is 0 Å². The minimum atomic E-state index is -0.0145. The highest BCUT2D eigenvalue weighted by molar-refractivity contribution is 5.86. The summed E-state index contributed by atoms with van der Waals surface area (Å²) in [5.74, 6) is 0. The van der Waals surface area contributed by atoms with E-state index in [1.807, 2.05) is 0 Å². The molecule has 0 saturated carbocycles. The first kappa shape index (κ1) is 13.0. The van der Waals surface area contributed by atoms with Crippen molar-refractivity contribution >= 4 is 17.1 Å². The molecule has 104 valence electrons. The maximum atomic E-state index is 6.41. The van der Waals surface area contributed by atoms with Gasteiger partial charge in [-0.3, -0.25) is 0 Å². The summed E-state index contributed by atoms with van der Waals surface area (Å²) in [6, 6.07) is 13.0. The number of rotatable bonds is 1. The molecule has 2 nitrogen and oxygen atoms in total. The van der Waals surface area contributed by atoms with Gasteiger partial charge >= 0.3 is 0 Å². The summed E-state index contributed by atoms with van der Waals surface area (Å²) in [6.07, 6.45) is 0. The average Bonchev–Trinajstić information content (AvgIpc) is 2.44. The van der Waals surface area contributed by atoms with Crippen LogP contribution in [0.4, 0.5) is 17.1 Å². The highest BCUT2D eigenvalue weighted by atomic mass is 15.2. The van der Waals surface area contributed by atoms with Gasteiger partial charge < -0.3 is 10.6 Å². The van der Waals surface area contributed by atoms with Crippen molar-refractivity contribution < 1.29 is 0 Å². The van der Waals surface area contributed by atoms with Crippen LogP contribution in [-0.4, -0.2) is 6.54 Å². The van der Waals surface area contributed by atoms with Crippen LogP contribution < -0.4 is 10.6 Å². The molecular weight excluding hydrogens is 244 g/mol. The second kappa shape index (κ2) is 4.27. The third kappa shape index (κ3) is 1.57. The lowest BCUT2D eigenvalue weighted by Crippen LogP contribution is -2.33. The molecule has 0 spiro atoms. The first-order valence-corrected chi connectivity index (χ1v) is 7.25. The summed E-state index contributed by atoms with van der Waals surface area (Å²) >= 11 is 0. The Morgan fingerprint density at radius 3 is 2.45 bits per heavy atom. The predicted octanol–water partition coefficient (Wildman–Crippen LogP) is 4.37. The normalized spacial score (nSPS) is 15.7. The number of hydrogen-bond acceptors (Lipinski definition) is 2. The molecule has 20 heavy (non-hydrogen) atoms. The molecule has 2 aromatic carbocycles. The molecule has 1 heterocycles. The molecule has 0 bridgehead atoms. The molecule has 1 aliphatic heterocycles. The van der Waals surface area contributed by atoms with Gasteiger partial charge in [-0.25, -0.2) is 0 Å². The number of benzene rings is 2. The van der Waals surface area contributed by atoms with Gasteiger partial charge in [0.05, 0.1) is 11.4 Å². The molecule has 2 N–H and O–H groups in total. The summed E-state index contributed by atoms with van der Waals surface area (Å²) in [5.41, 5.74) is 13.6. The molecule has 2 heteroatoms. The van der Waals surface area contributed by atoms with Gasteiger partial charge in [-0.05, 0) is 36.6 Å². The molecule has 0 saturated heterocycles. The van der Waals surface area contributed by atoms with Gasteiger partial charge in [-0.15, -0.1) is 0 Å². The lowest BCUT2D eigenvalue weighted by Gasteiger charge is -2.42. The van der Waals surface area contributed by atoms with E-state index in [1.54, 1.807) is 0 Å². The minimum Gasteiger partial charge on any atom is -0.397 e. The summed E-state index contributed by atoms with van der Waals surface area (Å²) in [5, 5.41) is 0. The minimum absolute atomic E-state index is 0.0145. The zero-order chi connectivity index (χ0) is 14.5. The van der Waals surface area contributed by atoms with E-state index in [-0.39, 0.29) is 5.41 Å². The van der Waals surface area contributed by atoms with Crippen LogP contribution in [0.25, 0.3) is 0 Å². The van der Waals surface area contributed by atoms with Crippen molar-refractivity contribution in [1.29, 1.82) is 0 Å². The second-order valence-corrected chi connectivity index (χ2v) is 6.08. The van der Waals surface area contributed by atoms with Crippen LogP contribution in [-0.2, 0) is 5.41 Å². The van der Waals surface area contributed by atoms with Crippen LogP contribution in [0.1, 0.15) is 37.5 Å². The number of aryl methyl sites for hydroxylation is 1. The second-order valence-electron chi connectivity index (χ2n) is 6.08. The van der Waals surface area contributed by atoms with Gasteiger partial charge in [0, 0.05) is 17.6 Å². The highest BCUT2D eigenvalue weighted by Gasteiger charge is 2.36. The number of anilines is 3. The first-order chi connectivity index (χ1) is 9.48. The molecule has 0 radical (unpaired) electrons. The lowest BCUT2D eigenvalue weighted by atomic mass is 9.73. The van der Waals surface area contributed by atoms with Crippen LogP contribution in [0.15, 0.2) is 36.4 Å². The smallest absolute Gasteiger partial charge is 0.0688 e. The van der Waals surface area contributed by atoms with Gasteiger partial charge in [0.1, 0.15) is 0 Å². The van der Waals surface area contributed by atoms with Crippen molar-refractivity contribution in [2.24, 2.45) is 0 Å². The molecule has 0 unspecified atom stereocenters. The fourth-order valence-corrected chi connectivity index (χ4v) is 3.34. The van der Waals surface area contributed by atoms with Gasteiger partial charge in [0.2, 0.25) is 0 Å². The van der Waals surface area contributed by atoms with Gasteiger partial charge in [-0.2, -0.15) is 0 Å². The van der Waals surface area contributed by atoms with E-state index in [9.17, 15) is 0 Å². The molecule has 2 aromatic rings. The number of hydrogen-bond donors (Lipinski definition) is 1. The first-order valence-electron chi connectivity index (χ1n) is 7.25. The predicted molar refractivity (Wildman–Crippen MR) is 86.8 cm³/mol. The van der Waals surface area contributed by atoms with Crippen LogP contribution in [0, 0.1) is 6.92 Å². The summed E-state index contributed by atoms with van der Waals surface area (Å²) < 4.78 is 0. The van der Waals surface area contributed by atoms with E-state index < -0.39 is 0 Å². The number of fused-ring (bicyclic) bond motifs is 2. The van der Waals surface area contributed by atoms with Crippen molar-refractivity contribution in [1.82, 2.24) is 0 Å². The molecular formula is C18H22N2. The van der Waals surface area contributed by atoms with E-state index >= 15 is 0 Å². The zero-order valence-corrected chi connectivity index (χ0v) is 12.7. The third-order valence-electron chi connectivity index (χ3n) is 4.56. The topological polar surface area (TPSA) is 29.3 Å². The van der Waals surface area contributed by atoms with Crippen molar-refractivity contribution in [3.63, 3.8) is 0 Å². The van der Waals surface area contributed by atoms with Gasteiger partial charge in [0.25, 0.3) is 0 Å². The van der Waals surface area contributed by atoms with E-state index in [1.165, 1.54) is 22.5 Å². The quantitative estimate of drug-likeness (QED) is 0.776. The molecule has 0 fully saturated rings. The Labute approximate surface area is 121 Å².